The average Bonchev–Trinajstić information content (AvgIpc) is 3.02. The zero-order valence-corrected chi connectivity index (χ0v) is 11.6. The van der Waals surface area contributed by atoms with Gasteiger partial charge in [-0.05, 0) is 43.4 Å². The zero-order valence-electron chi connectivity index (χ0n) is 11.6. The molecule has 2 unspecified atom stereocenters. The van der Waals surface area contributed by atoms with Gasteiger partial charge in [0.05, 0.1) is 5.54 Å². The summed E-state index contributed by atoms with van der Waals surface area (Å²) in [6, 6.07) is 0. The van der Waals surface area contributed by atoms with Gasteiger partial charge in [-0.1, -0.05) is 25.9 Å². The Bertz CT molecular complexity index is 450. The number of hydrogen-bond donors (Lipinski definition) is 1. The maximum Gasteiger partial charge on any atom is 0.229 e. The quantitative estimate of drug-likeness (QED) is 0.875. The third-order valence-corrected chi connectivity index (χ3v) is 4.74. The van der Waals surface area contributed by atoms with E-state index in [-0.39, 0.29) is 0 Å². The van der Waals surface area contributed by atoms with Crippen LogP contribution in [-0.2, 0) is 5.54 Å². The van der Waals surface area contributed by atoms with E-state index < -0.39 is 5.54 Å². The molecule has 2 atom stereocenters. The maximum atomic E-state index is 6.59. The van der Waals surface area contributed by atoms with Crippen LogP contribution in [0.15, 0.2) is 4.52 Å². The Morgan fingerprint density at radius 3 is 2.61 bits per heavy atom. The van der Waals surface area contributed by atoms with Crippen LogP contribution >= 0.6 is 0 Å². The Hall–Kier alpha value is -0.900. The molecule has 3 rings (SSSR count). The van der Waals surface area contributed by atoms with Gasteiger partial charge >= 0.3 is 0 Å². The van der Waals surface area contributed by atoms with Crippen LogP contribution in [-0.4, -0.2) is 10.1 Å². The van der Waals surface area contributed by atoms with Crippen molar-refractivity contribution in [2.24, 2.45) is 17.1 Å². The summed E-state index contributed by atoms with van der Waals surface area (Å²) in [4.78, 5) is 4.56. The molecule has 1 aromatic rings. The molecular formula is C14H23N3O. The highest BCUT2D eigenvalue weighted by Gasteiger charge is 2.45. The second kappa shape index (κ2) is 3.80. The van der Waals surface area contributed by atoms with Crippen molar-refractivity contribution >= 4 is 0 Å². The fourth-order valence-corrected chi connectivity index (χ4v) is 3.16. The molecule has 4 nitrogen and oxygen atoms in total. The van der Waals surface area contributed by atoms with Crippen molar-refractivity contribution < 1.29 is 4.52 Å². The standard InChI is InChI=1S/C14H23N3O/c1-9-8-13(2,3)6-7-14(9,15)12-16-11(18-17-12)10-4-5-10/h9-10H,4-8,15H2,1-3H3. The van der Waals surface area contributed by atoms with E-state index in [9.17, 15) is 0 Å². The van der Waals surface area contributed by atoms with Crippen LogP contribution in [0.5, 0.6) is 0 Å². The molecule has 1 aromatic heterocycles. The maximum absolute atomic E-state index is 6.59. The largest absolute Gasteiger partial charge is 0.339 e. The van der Waals surface area contributed by atoms with E-state index in [1.807, 2.05) is 0 Å². The van der Waals surface area contributed by atoms with Gasteiger partial charge in [0.1, 0.15) is 0 Å². The Morgan fingerprint density at radius 1 is 1.28 bits per heavy atom. The molecule has 2 aliphatic carbocycles. The van der Waals surface area contributed by atoms with Crippen LogP contribution in [0, 0.1) is 11.3 Å². The average molecular weight is 249 g/mol. The summed E-state index contributed by atoms with van der Waals surface area (Å²) in [5, 5.41) is 4.16. The van der Waals surface area contributed by atoms with Crippen LogP contribution in [0.4, 0.5) is 0 Å². The molecule has 2 fully saturated rings. The summed E-state index contributed by atoms with van der Waals surface area (Å²) in [5.74, 6) is 2.43. The van der Waals surface area contributed by atoms with Crippen molar-refractivity contribution in [3.05, 3.63) is 11.7 Å². The molecule has 0 aromatic carbocycles. The van der Waals surface area contributed by atoms with Crippen LogP contribution in [0.25, 0.3) is 0 Å². The summed E-state index contributed by atoms with van der Waals surface area (Å²) in [6.45, 7) is 6.85. The molecule has 0 amide bonds. The van der Waals surface area contributed by atoms with Gasteiger partial charge in [-0.15, -0.1) is 0 Å². The molecule has 1 heterocycles. The molecule has 4 heteroatoms. The lowest BCUT2D eigenvalue weighted by Crippen LogP contribution is -2.49. The van der Waals surface area contributed by atoms with Crippen molar-refractivity contribution in [3.63, 3.8) is 0 Å². The Kier molecular flexibility index (Phi) is 2.56. The van der Waals surface area contributed by atoms with E-state index in [0.717, 1.165) is 31.0 Å². The van der Waals surface area contributed by atoms with E-state index in [2.05, 4.69) is 30.9 Å². The van der Waals surface area contributed by atoms with Crippen molar-refractivity contribution in [1.82, 2.24) is 10.1 Å². The van der Waals surface area contributed by atoms with Crippen LogP contribution < -0.4 is 5.73 Å². The summed E-state index contributed by atoms with van der Waals surface area (Å²) in [7, 11) is 0. The summed E-state index contributed by atoms with van der Waals surface area (Å²) < 4.78 is 5.37. The molecule has 2 N–H and O–H groups in total. The molecule has 2 saturated carbocycles. The zero-order chi connectivity index (χ0) is 13.0. The van der Waals surface area contributed by atoms with Crippen LogP contribution in [0.2, 0.25) is 0 Å². The summed E-state index contributed by atoms with van der Waals surface area (Å²) in [5.41, 5.74) is 6.58. The smallest absolute Gasteiger partial charge is 0.229 e. The first-order chi connectivity index (χ1) is 8.41. The predicted octanol–water partition coefficient (Wildman–Crippen LogP) is 2.95. The molecule has 0 bridgehead atoms. The second-order valence-corrected chi connectivity index (χ2v) is 7.04. The van der Waals surface area contributed by atoms with E-state index in [1.165, 1.54) is 12.8 Å². The number of rotatable bonds is 2. The highest BCUT2D eigenvalue weighted by molar-refractivity contribution is 5.12. The van der Waals surface area contributed by atoms with E-state index >= 15 is 0 Å². The van der Waals surface area contributed by atoms with Crippen LogP contribution in [0.3, 0.4) is 0 Å². The number of hydrogen-bond acceptors (Lipinski definition) is 4. The van der Waals surface area contributed by atoms with Gasteiger partial charge in [-0.3, -0.25) is 0 Å². The highest BCUT2D eigenvalue weighted by Crippen LogP contribution is 2.47. The van der Waals surface area contributed by atoms with E-state index in [1.54, 1.807) is 0 Å². The van der Waals surface area contributed by atoms with Gasteiger partial charge in [-0.25, -0.2) is 0 Å². The van der Waals surface area contributed by atoms with Crippen molar-refractivity contribution in [2.75, 3.05) is 0 Å². The topological polar surface area (TPSA) is 64.9 Å². The lowest BCUT2D eigenvalue weighted by Gasteiger charge is -2.44. The Balaban J connectivity index is 1.84. The minimum absolute atomic E-state index is 0.380. The normalized spacial score (nSPS) is 35.7. The number of aromatic nitrogens is 2. The molecule has 0 radical (unpaired) electrons. The third-order valence-electron chi connectivity index (χ3n) is 4.74. The fourth-order valence-electron chi connectivity index (χ4n) is 3.16. The van der Waals surface area contributed by atoms with Gasteiger partial charge in [-0.2, -0.15) is 4.98 Å². The first-order valence-electron chi connectivity index (χ1n) is 7.04. The van der Waals surface area contributed by atoms with Gasteiger partial charge in [0.2, 0.25) is 5.89 Å². The first kappa shape index (κ1) is 12.2. The molecular weight excluding hydrogens is 226 g/mol. The third kappa shape index (κ3) is 1.96. The van der Waals surface area contributed by atoms with Gasteiger partial charge in [0, 0.05) is 5.92 Å². The van der Waals surface area contributed by atoms with Crippen molar-refractivity contribution in [2.45, 2.75) is 64.3 Å². The van der Waals surface area contributed by atoms with Gasteiger partial charge in [0.25, 0.3) is 0 Å². The minimum atomic E-state index is -0.397. The predicted molar refractivity (Wildman–Crippen MR) is 68.9 cm³/mol. The summed E-state index contributed by atoms with van der Waals surface area (Å²) >= 11 is 0. The molecule has 18 heavy (non-hydrogen) atoms. The van der Waals surface area contributed by atoms with E-state index in [4.69, 9.17) is 10.3 Å². The number of nitrogens with two attached hydrogens (primary N) is 1. The van der Waals surface area contributed by atoms with E-state index in [0.29, 0.717) is 17.3 Å². The fraction of sp³-hybridized carbons (Fsp3) is 0.857. The van der Waals surface area contributed by atoms with Crippen molar-refractivity contribution in [1.29, 1.82) is 0 Å². The Labute approximate surface area is 108 Å². The molecule has 0 saturated heterocycles. The van der Waals surface area contributed by atoms with Gasteiger partial charge < -0.3 is 10.3 Å². The second-order valence-electron chi connectivity index (χ2n) is 7.04. The summed E-state index contributed by atoms with van der Waals surface area (Å²) in [6.07, 6.45) is 5.56. The number of nitrogens with zero attached hydrogens (tertiary/aromatic N) is 2. The minimum Gasteiger partial charge on any atom is -0.339 e. The Morgan fingerprint density at radius 2 is 2.00 bits per heavy atom. The first-order valence-corrected chi connectivity index (χ1v) is 7.04. The highest BCUT2D eigenvalue weighted by atomic mass is 16.5. The van der Waals surface area contributed by atoms with Crippen molar-refractivity contribution in [3.8, 4) is 0 Å². The SMILES string of the molecule is CC1CC(C)(C)CCC1(N)c1noc(C2CC2)n1. The molecule has 100 valence electrons. The molecule has 2 aliphatic rings. The lowest BCUT2D eigenvalue weighted by molar-refractivity contribution is 0.0932. The molecule has 0 aliphatic heterocycles. The lowest BCUT2D eigenvalue weighted by atomic mass is 9.64. The monoisotopic (exact) mass is 249 g/mol. The van der Waals surface area contributed by atoms with Crippen LogP contribution in [0.1, 0.15) is 70.5 Å². The van der Waals surface area contributed by atoms with Gasteiger partial charge in [0.15, 0.2) is 5.82 Å². The molecule has 0 spiro atoms.